The molecule has 2 heterocycles. The van der Waals surface area contributed by atoms with Crippen molar-refractivity contribution in [1.29, 1.82) is 0 Å². The van der Waals surface area contributed by atoms with E-state index in [0.29, 0.717) is 13.3 Å². The molecular formula is C14H23N3OSi. The predicted octanol–water partition coefficient (Wildman–Crippen LogP) is 2.81. The third-order valence-corrected chi connectivity index (χ3v) is 4.93. The maximum Gasteiger partial charge on any atom is 0.122 e. The summed E-state index contributed by atoms with van der Waals surface area (Å²) in [6.45, 7) is 9.02. The molecule has 0 saturated carbocycles. The van der Waals surface area contributed by atoms with E-state index in [0.717, 1.165) is 17.7 Å². The van der Waals surface area contributed by atoms with Crippen LogP contribution >= 0.6 is 0 Å². The van der Waals surface area contributed by atoms with Gasteiger partial charge in [-0.3, -0.25) is 4.98 Å². The Morgan fingerprint density at radius 1 is 1.32 bits per heavy atom. The number of nitrogens with zero attached hydrogens (tertiary/aromatic N) is 2. The van der Waals surface area contributed by atoms with Crippen molar-refractivity contribution in [2.75, 3.05) is 6.61 Å². The number of nitrogens with two attached hydrogens (primary N) is 1. The van der Waals surface area contributed by atoms with Crippen molar-refractivity contribution in [1.82, 2.24) is 9.55 Å². The molecule has 0 fully saturated rings. The van der Waals surface area contributed by atoms with Crippen LogP contribution in [0.5, 0.6) is 0 Å². The molecule has 19 heavy (non-hydrogen) atoms. The Hall–Kier alpha value is -1.17. The summed E-state index contributed by atoms with van der Waals surface area (Å²) in [7, 11) is -1.01. The molecule has 0 unspecified atom stereocenters. The summed E-state index contributed by atoms with van der Waals surface area (Å²) in [4.78, 5) is 4.23. The number of pyridine rings is 1. The molecule has 2 aromatic heterocycles. The Bertz CT molecular complexity index is 545. The number of aromatic nitrogens is 2. The van der Waals surface area contributed by atoms with Gasteiger partial charge < -0.3 is 15.0 Å². The molecule has 2 rings (SSSR count). The van der Waals surface area contributed by atoms with Crippen LogP contribution in [0, 0.1) is 0 Å². The second-order valence-corrected chi connectivity index (χ2v) is 11.7. The molecule has 4 nitrogen and oxygen atoms in total. The van der Waals surface area contributed by atoms with Crippen molar-refractivity contribution < 1.29 is 4.74 Å². The smallest absolute Gasteiger partial charge is 0.122 e. The van der Waals surface area contributed by atoms with Gasteiger partial charge in [0, 0.05) is 39.0 Å². The molecule has 0 aliphatic carbocycles. The van der Waals surface area contributed by atoms with Gasteiger partial charge in [-0.05, 0) is 17.7 Å². The van der Waals surface area contributed by atoms with Gasteiger partial charge in [0.2, 0.25) is 0 Å². The summed E-state index contributed by atoms with van der Waals surface area (Å²) in [6, 6.07) is 3.28. The lowest BCUT2D eigenvalue weighted by Gasteiger charge is -2.15. The number of rotatable bonds is 6. The minimum Gasteiger partial charge on any atom is -0.361 e. The van der Waals surface area contributed by atoms with Gasteiger partial charge in [0.15, 0.2) is 0 Å². The maximum atomic E-state index is 5.77. The lowest BCUT2D eigenvalue weighted by Crippen LogP contribution is -2.21. The zero-order valence-corrected chi connectivity index (χ0v) is 13.0. The van der Waals surface area contributed by atoms with E-state index in [-0.39, 0.29) is 0 Å². The second kappa shape index (κ2) is 5.86. The molecule has 2 N–H and O–H groups in total. The average molecular weight is 277 g/mol. The lowest BCUT2D eigenvalue weighted by molar-refractivity contribution is 0.0902. The standard InChI is InChI=1S/C14H23N3OSi/c1-19(2,3)7-6-18-11-17-5-4-13-12(8-15)9-16-10-14(13)17/h4-5,9-10H,6-8,11,15H2,1-3H3. The fraction of sp³-hybridized carbons (Fsp3) is 0.500. The van der Waals surface area contributed by atoms with Gasteiger partial charge in [0.1, 0.15) is 6.73 Å². The first-order chi connectivity index (χ1) is 9.01. The van der Waals surface area contributed by atoms with Gasteiger partial charge in [-0.15, -0.1) is 0 Å². The van der Waals surface area contributed by atoms with Crippen LogP contribution in [-0.4, -0.2) is 24.2 Å². The third-order valence-electron chi connectivity index (χ3n) is 3.23. The molecule has 0 radical (unpaired) electrons. The predicted molar refractivity (Wildman–Crippen MR) is 81.7 cm³/mol. The molecular weight excluding hydrogens is 254 g/mol. The van der Waals surface area contributed by atoms with Crippen LogP contribution < -0.4 is 5.73 Å². The third kappa shape index (κ3) is 3.65. The maximum absolute atomic E-state index is 5.77. The topological polar surface area (TPSA) is 53.1 Å². The van der Waals surface area contributed by atoms with Crippen LogP contribution in [-0.2, 0) is 18.0 Å². The van der Waals surface area contributed by atoms with Crippen LogP contribution in [0.25, 0.3) is 10.9 Å². The SMILES string of the molecule is C[Si](C)(C)CCOCn1ccc2c(CN)cncc21. The first-order valence-electron chi connectivity index (χ1n) is 6.71. The monoisotopic (exact) mass is 277 g/mol. The summed E-state index contributed by atoms with van der Waals surface area (Å²) in [5.74, 6) is 0. The number of hydrogen-bond acceptors (Lipinski definition) is 3. The number of hydrogen-bond donors (Lipinski definition) is 1. The summed E-state index contributed by atoms with van der Waals surface area (Å²) < 4.78 is 7.86. The zero-order valence-electron chi connectivity index (χ0n) is 12.0. The fourth-order valence-electron chi connectivity index (χ4n) is 1.98. The molecule has 2 aromatic rings. The van der Waals surface area contributed by atoms with Gasteiger partial charge in [0.05, 0.1) is 11.7 Å². The van der Waals surface area contributed by atoms with Crippen molar-refractivity contribution in [2.24, 2.45) is 5.73 Å². The van der Waals surface area contributed by atoms with Crippen molar-refractivity contribution in [3.05, 3.63) is 30.2 Å². The minimum atomic E-state index is -1.01. The van der Waals surface area contributed by atoms with E-state index < -0.39 is 8.07 Å². The van der Waals surface area contributed by atoms with E-state index in [2.05, 4.69) is 35.3 Å². The molecule has 0 amide bonds. The summed E-state index contributed by atoms with van der Waals surface area (Å²) in [5.41, 5.74) is 7.89. The highest BCUT2D eigenvalue weighted by atomic mass is 28.3. The van der Waals surface area contributed by atoms with E-state index in [1.807, 2.05) is 18.6 Å². The van der Waals surface area contributed by atoms with Crippen molar-refractivity contribution >= 4 is 19.0 Å². The highest BCUT2D eigenvalue weighted by Crippen LogP contribution is 2.18. The van der Waals surface area contributed by atoms with Crippen molar-refractivity contribution in [2.45, 2.75) is 39.0 Å². The number of fused-ring (bicyclic) bond motifs is 1. The zero-order chi connectivity index (χ0) is 13.9. The highest BCUT2D eigenvalue weighted by Gasteiger charge is 2.12. The van der Waals surface area contributed by atoms with E-state index in [4.69, 9.17) is 10.5 Å². The molecule has 104 valence electrons. The minimum absolute atomic E-state index is 0.519. The first-order valence-corrected chi connectivity index (χ1v) is 10.4. The molecule has 0 aromatic carbocycles. The normalized spacial score (nSPS) is 12.2. The van der Waals surface area contributed by atoms with Crippen LogP contribution in [0.4, 0.5) is 0 Å². The summed E-state index contributed by atoms with van der Waals surface area (Å²) in [5, 5.41) is 1.17. The second-order valence-electron chi connectivity index (χ2n) is 6.07. The summed E-state index contributed by atoms with van der Waals surface area (Å²) >= 11 is 0. The average Bonchev–Trinajstić information content (AvgIpc) is 2.76. The molecule has 0 saturated heterocycles. The molecule has 0 atom stereocenters. The van der Waals surface area contributed by atoms with E-state index in [9.17, 15) is 0 Å². The van der Waals surface area contributed by atoms with Gasteiger partial charge in [-0.25, -0.2) is 0 Å². The van der Waals surface area contributed by atoms with Crippen LogP contribution in [0.1, 0.15) is 5.56 Å². The number of ether oxygens (including phenoxy) is 1. The van der Waals surface area contributed by atoms with Gasteiger partial charge in [-0.2, -0.15) is 0 Å². The molecule has 0 spiro atoms. The van der Waals surface area contributed by atoms with Crippen LogP contribution in [0.2, 0.25) is 25.7 Å². The lowest BCUT2D eigenvalue weighted by atomic mass is 10.2. The Balaban J connectivity index is 2.02. The first kappa shape index (κ1) is 14.2. The van der Waals surface area contributed by atoms with Gasteiger partial charge in [0.25, 0.3) is 0 Å². The molecule has 0 bridgehead atoms. The van der Waals surface area contributed by atoms with E-state index in [1.165, 1.54) is 11.4 Å². The van der Waals surface area contributed by atoms with E-state index >= 15 is 0 Å². The van der Waals surface area contributed by atoms with Crippen LogP contribution in [0.3, 0.4) is 0 Å². The quantitative estimate of drug-likeness (QED) is 0.652. The molecule has 0 aliphatic heterocycles. The molecule has 0 aliphatic rings. The Labute approximate surface area is 115 Å². The Kier molecular flexibility index (Phi) is 4.39. The molecule has 5 heteroatoms. The Morgan fingerprint density at radius 3 is 2.79 bits per heavy atom. The van der Waals surface area contributed by atoms with Gasteiger partial charge in [-0.1, -0.05) is 19.6 Å². The fourth-order valence-corrected chi connectivity index (χ4v) is 2.74. The summed E-state index contributed by atoms with van der Waals surface area (Å²) in [6.07, 6.45) is 5.75. The highest BCUT2D eigenvalue weighted by molar-refractivity contribution is 6.76. The largest absolute Gasteiger partial charge is 0.361 e. The van der Waals surface area contributed by atoms with Gasteiger partial charge >= 0.3 is 0 Å². The Morgan fingerprint density at radius 2 is 2.11 bits per heavy atom. The van der Waals surface area contributed by atoms with Crippen molar-refractivity contribution in [3.8, 4) is 0 Å². The van der Waals surface area contributed by atoms with Crippen molar-refractivity contribution in [3.63, 3.8) is 0 Å². The van der Waals surface area contributed by atoms with Crippen LogP contribution in [0.15, 0.2) is 24.7 Å². The van der Waals surface area contributed by atoms with E-state index in [1.54, 1.807) is 0 Å².